The van der Waals surface area contributed by atoms with E-state index in [0.29, 0.717) is 23.4 Å². The maximum Gasteiger partial charge on any atom is 0.274 e. The fourth-order valence-electron chi connectivity index (χ4n) is 2.04. The number of aromatic nitrogens is 2. The zero-order valence-corrected chi connectivity index (χ0v) is 12.7. The van der Waals surface area contributed by atoms with Crippen LogP contribution in [0.2, 0.25) is 0 Å². The Morgan fingerprint density at radius 1 is 1.13 bits per heavy atom. The molecule has 1 heterocycles. The number of hydrogen-bond acceptors (Lipinski definition) is 5. The molecule has 1 aliphatic carbocycles. The van der Waals surface area contributed by atoms with Crippen molar-refractivity contribution in [2.24, 2.45) is 0 Å². The molecule has 1 saturated carbocycles. The van der Waals surface area contributed by atoms with Crippen LogP contribution in [0.1, 0.15) is 30.3 Å². The Morgan fingerprint density at radius 3 is 2.57 bits per heavy atom. The van der Waals surface area contributed by atoms with Crippen LogP contribution in [-0.4, -0.2) is 27.8 Å². The molecule has 3 rings (SSSR count). The first kappa shape index (κ1) is 15.0. The highest BCUT2D eigenvalue weighted by Gasteiger charge is 2.22. The second kappa shape index (κ2) is 6.43. The summed E-state index contributed by atoms with van der Waals surface area (Å²) in [7, 11) is 0. The van der Waals surface area contributed by atoms with Gasteiger partial charge < -0.3 is 16.0 Å². The monoisotopic (exact) mass is 311 g/mol. The van der Waals surface area contributed by atoms with Gasteiger partial charge in [0.1, 0.15) is 5.69 Å². The van der Waals surface area contributed by atoms with Gasteiger partial charge in [0.25, 0.3) is 5.91 Å². The third kappa shape index (κ3) is 4.26. The van der Waals surface area contributed by atoms with E-state index in [1.807, 2.05) is 0 Å². The Labute approximate surface area is 133 Å². The quantitative estimate of drug-likeness (QED) is 0.787. The van der Waals surface area contributed by atoms with Crippen LogP contribution < -0.4 is 16.0 Å². The van der Waals surface area contributed by atoms with Gasteiger partial charge in [-0.25, -0.2) is 9.97 Å². The largest absolute Gasteiger partial charge is 0.351 e. The Hall–Kier alpha value is -2.96. The van der Waals surface area contributed by atoms with E-state index in [4.69, 9.17) is 0 Å². The van der Waals surface area contributed by atoms with Crippen LogP contribution in [0.3, 0.4) is 0 Å². The predicted molar refractivity (Wildman–Crippen MR) is 87.4 cm³/mol. The maximum absolute atomic E-state index is 12.3. The van der Waals surface area contributed by atoms with Crippen molar-refractivity contribution < 1.29 is 9.59 Å². The highest BCUT2D eigenvalue weighted by molar-refractivity contribution is 6.03. The average molecular weight is 311 g/mol. The minimum Gasteiger partial charge on any atom is -0.351 e. The minimum atomic E-state index is -0.328. The number of anilines is 3. The molecule has 0 bridgehead atoms. The van der Waals surface area contributed by atoms with E-state index in [1.54, 1.807) is 36.5 Å². The van der Waals surface area contributed by atoms with Gasteiger partial charge in [0, 0.05) is 30.5 Å². The Morgan fingerprint density at radius 2 is 1.87 bits per heavy atom. The van der Waals surface area contributed by atoms with E-state index in [-0.39, 0.29) is 17.5 Å². The number of nitrogens with zero attached hydrogens (tertiary/aromatic N) is 2. The van der Waals surface area contributed by atoms with Crippen LogP contribution >= 0.6 is 0 Å². The first-order chi connectivity index (χ1) is 11.1. The van der Waals surface area contributed by atoms with Crippen LogP contribution in [0, 0.1) is 0 Å². The van der Waals surface area contributed by atoms with Crippen LogP contribution in [-0.2, 0) is 4.79 Å². The van der Waals surface area contributed by atoms with Crippen molar-refractivity contribution in [1.82, 2.24) is 9.97 Å². The number of hydrogen-bond donors (Lipinski definition) is 3. The molecule has 2 amide bonds. The highest BCUT2D eigenvalue weighted by atomic mass is 16.2. The Balaban J connectivity index is 1.69. The molecule has 0 spiro atoms. The molecule has 23 heavy (non-hydrogen) atoms. The van der Waals surface area contributed by atoms with Crippen LogP contribution in [0.15, 0.2) is 36.5 Å². The molecule has 0 radical (unpaired) electrons. The van der Waals surface area contributed by atoms with Crippen molar-refractivity contribution in [3.05, 3.63) is 42.2 Å². The van der Waals surface area contributed by atoms with E-state index in [0.717, 1.165) is 12.8 Å². The fraction of sp³-hybridized carbons (Fsp3) is 0.250. The summed E-state index contributed by atoms with van der Waals surface area (Å²) in [6.07, 6.45) is 3.77. The summed E-state index contributed by atoms with van der Waals surface area (Å²) in [4.78, 5) is 31.7. The minimum absolute atomic E-state index is 0.167. The number of carbonyl (C=O) groups is 2. The van der Waals surface area contributed by atoms with E-state index < -0.39 is 0 Å². The predicted octanol–water partition coefficient (Wildman–Crippen LogP) is 2.26. The SMILES string of the molecule is CC(=O)Nc1cccc(NC(=O)c2ccnc(NC3CC3)n2)c1. The topological polar surface area (TPSA) is 96.0 Å². The third-order valence-corrected chi connectivity index (χ3v) is 3.24. The molecule has 1 aromatic carbocycles. The van der Waals surface area contributed by atoms with Gasteiger partial charge in [-0.3, -0.25) is 9.59 Å². The number of rotatable bonds is 5. The number of nitrogens with one attached hydrogen (secondary N) is 3. The lowest BCUT2D eigenvalue weighted by Gasteiger charge is -2.08. The van der Waals surface area contributed by atoms with Gasteiger partial charge in [0.2, 0.25) is 11.9 Å². The van der Waals surface area contributed by atoms with Crippen molar-refractivity contribution in [1.29, 1.82) is 0 Å². The van der Waals surface area contributed by atoms with Gasteiger partial charge in [-0.05, 0) is 37.1 Å². The molecule has 7 nitrogen and oxygen atoms in total. The number of benzene rings is 1. The molecular weight excluding hydrogens is 294 g/mol. The van der Waals surface area contributed by atoms with Gasteiger partial charge in [-0.1, -0.05) is 6.07 Å². The molecule has 7 heteroatoms. The summed E-state index contributed by atoms with van der Waals surface area (Å²) in [6.45, 7) is 1.43. The van der Waals surface area contributed by atoms with Crippen molar-refractivity contribution in [3.63, 3.8) is 0 Å². The summed E-state index contributed by atoms with van der Waals surface area (Å²) in [6, 6.07) is 8.91. The van der Waals surface area contributed by atoms with E-state index in [9.17, 15) is 9.59 Å². The molecule has 1 aliphatic rings. The summed E-state index contributed by atoms with van der Waals surface area (Å²) in [5.41, 5.74) is 1.48. The van der Waals surface area contributed by atoms with Crippen molar-refractivity contribution >= 4 is 29.1 Å². The van der Waals surface area contributed by atoms with E-state index >= 15 is 0 Å². The molecule has 0 atom stereocenters. The number of amides is 2. The highest BCUT2D eigenvalue weighted by Crippen LogP contribution is 2.22. The summed E-state index contributed by atoms with van der Waals surface area (Å²) >= 11 is 0. The Bertz CT molecular complexity index is 743. The molecule has 2 aromatic rings. The molecule has 1 fully saturated rings. The van der Waals surface area contributed by atoms with Crippen molar-refractivity contribution in [2.75, 3.05) is 16.0 Å². The third-order valence-electron chi connectivity index (χ3n) is 3.24. The van der Waals surface area contributed by atoms with Gasteiger partial charge >= 0.3 is 0 Å². The lowest BCUT2D eigenvalue weighted by Crippen LogP contribution is -2.16. The van der Waals surface area contributed by atoms with Crippen molar-refractivity contribution in [3.8, 4) is 0 Å². The molecule has 0 unspecified atom stereocenters. The summed E-state index contributed by atoms with van der Waals surface area (Å²) in [5, 5.41) is 8.59. The summed E-state index contributed by atoms with van der Waals surface area (Å²) in [5.74, 6) is -0.0292. The van der Waals surface area contributed by atoms with Gasteiger partial charge in [0.05, 0.1) is 0 Å². The fourth-order valence-corrected chi connectivity index (χ4v) is 2.04. The summed E-state index contributed by atoms with van der Waals surface area (Å²) < 4.78 is 0. The maximum atomic E-state index is 12.3. The second-order valence-corrected chi connectivity index (χ2v) is 5.40. The number of carbonyl (C=O) groups excluding carboxylic acids is 2. The van der Waals surface area contributed by atoms with E-state index in [1.165, 1.54) is 6.92 Å². The second-order valence-electron chi connectivity index (χ2n) is 5.40. The smallest absolute Gasteiger partial charge is 0.274 e. The first-order valence-corrected chi connectivity index (χ1v) is 7.39. The zero-order chi connectivity index (χ0) is 16.2. The molecular formula is C16H17N5O2. The molecule has 3 N–H and O–H groups in total. The van der Waals surface area contributed by atoms with Gasteiger partial charge in [-0.2, -0.15) is 0 Å². The molecule has 0 aliphatic heterocycles. The first-order valence-electron chi connectivity index (χ1n) is 7.39. The van der Waals surface area contributed by atoms with Crippen molar-refractivity contribution in [2.45, 2.75) is 25.8 Å². The standard InChI is InChI=1S/C16H17N5O2/c1-10(22)18-12-3-2-4-13(9-12)19-15(23)14-7-8-17-16(21-14)20-11-5-6-11/h2-4,7-9,11H,5-6H2,1H3,(H,18,22)(H,19,23)(H,17,20,21). The lowest BCUT2D eigenvalue weighted by atomic mass is 10.2. The molecule has 118 valence electrons. The normalized spacial score (nSPS) is 13.3. The lowest BCUT2D eigenvalue weighted by molar-refractivity contribution is -0.114. The van der Waals surface area contributed by atoms with Crippen LogP contribution in [0.5, 0.6) is 0 Å². The van der Waals surface area contributed by atoms with Gasteiger partial charge in [0.15, 0.2) is 0 Å². The van der Waals surface area contributed by atoms with Crippen LogP contribution in [0.4, 0.5) is 17.3 Å². The van der Waals surface area contributed by atoms with Gasteiger partial charge in [-0.15, -0.1) is 0 Å². The average Bonchev–Trinajstić information content (AvgIpc) is 3.31. The molecule has 0 saturated heterocycles. The Kier molecular flexibility index (Phi) is 4.18. The zero-order valence-electron chi connectivity index (χ0n) is 12.7. The van der Waals surface area contributed by atoms with E-state index in [2.05, 4.69) is 25.9 Å². The van der Waals surface area contributed by atoms with Crippen LogP contribution in [0.25, 0.3) is 0 Å². The molecule has 1 aromatic heterocycles.